The zero-order valence-electron chi connectivity index (χ0n) is 25.9. The molecule has 2 aromatic heterocycles. The van der Waals surface area contributed by atoms with Crippen molar-refractivity contribution in [3.8, 4) is 22.5 Å². The minimum Gasteiger partial charge on any atom is -0.309 e. The number of hydrogen-bond acceptors (Lipinski definition) is 0. The predicted octanol–water partition coefficient (Wildman–Crippen LogP) is 12.4. The molecule has 0 aliphatic carbocycles. The quantitative estimate of drug-likeness (QED) is 0.140. The highest BCUT2D eigenvalue weighted by atomic mass is 15.0. The van der Waals surface area contributed by atoms with Gasteiger partial charge in [-0.2, -0.15) is 0 Å². The van der Waals surface area contributed by atoms with E-state index in [1.165, 1.54) is 54.7 Å². The lowest BCUT2D eigenvalue weighted by Crippen LogP contribution is -1.94. The SMILES string of the molecule is [C-]#[N+]c1ccc2ccc3ccc(-n4c5ccccc5c5ccc(-c6cccc7c6c6ccccc6n7-c6ccccc6)cc54)cc3c2c1. The van der Waals surface area contributed by atoms with Gasteiger partial charge < -0.3 is 9.13 Å². The first-order valence-electron chi connectivity index (χ1n) is 16.2. The molecule has 3 heteroatoms. The maximum Gasteiger partial charge on any atom is 0.187 e. The number of aromatic nitrogens is 2. The van der Waals surface area contributed by atoms with Crippen LogP contribution in [0.2, 0.25) is 0 Å². The Balaban J connectivity index is 1.26. The van der Waals surface area contributed by atoms with Crippen LogP contribution >= 0.6 is 0 Å². The molecule has 10 aromatic rings. The molecule has 0 N–H and O–H groups in total. The minimum absolute atomic E-state index is 0.657. The maximum atomic E-state index is 7.61. The van der Waals surface area contributed by atoms with Crippen LogP contribution in [0.3, 0.4) is 0 Å². The molecule has 0 saturated heterocycles. The van der Waals surface area contributed by atoms with Gasteiger partial charge in [0.15, 0.2) is 5.69 Å². The van der Waals surface area contributed by atoms with E-state index in [-0.39, 0.29) is 0 Å². The minimum atomic E-state index is 0.657. The van der Waals surface area contributed by atoms with Gasteiger partial charge >= 0.3 is 0 Å². The van der Waals surface area contributed by atoms with E-state index < -0.39 is 0 Å². The fraction of sp³-hybridized carbons (Fsp3) is 0. The molecule has 0 bridgehead atoms. The van der Waals surface area contributed by atoms with Crippen LogP contribution in [0.25, 0.3) is 92.5 Å². The molecule has 0 saturated carbocycles. The predicted molar refractivity (Wildman–Crippen MR) is 202 cm³/mol. The van der Waals surface area contributed by atoms with Gasteiger partial charge in [-0.05, 0) is 87.3 Å². The summed E-state index contributed by atoms with van der Waals surface area (Å²) in [5.41, 5.74) is 10.0. The van der Waals surface area contributed by atoms with Crippen molar-refractivity contribution in [1.29, 1.82) is 0 Å². The zero-order chi connectivity index (χ0) is 31.8. The molecule has 0 atom stereocenters. The molecule has 0 spiro atoms. The molecule has 0 fully saturated rings. The van der Waals surface area contributed by atoms with Crippen molar-refractivity contribution in [3.63, 3.8) is 0 Å². The Bertz CT molecular complexity index is 2950. The van der Waals surface area contributed by atoms with Crippen molar-refractivity contribution >= 4 is 70.8 Å². The summed E-state index contributed by atoms with van der Waals surface area (Å²) in [6.07, 6.45) is 0. The molecule has 222 valence electrons. The zero-order valence-corrected chi connectivity index (χ0v) is 25.9. The van der Waals surface area contributed by atoms with E-state index in [0.29, 0.717) is 5.69 Å². The number of para-hydroxylation sites is 3. The lowest BCUT2D eigenvalue weighted by molar-refractivity contribution is 1.18. The van der Waals surface area contributed by atoms with Crippen molar-refractivity contribution in [3.05, 3.63) is 175 Å². The Hall–Kier alpha value is -6.63. The van der Waals surface area contributed by atoms with E-state index in [2.05, 4.69) is 166 Å². The molecule has 0 radical (unpaired) electrons. The van der Waals surface area contributed by atoms with E-state index in [4.69, 9.17) is 6.57 Å². The fourth-order valence-electron chi connectivity index (χ4n) is 7.77. The van der Waals surface area contributed by atoms with Gasteiger partial charge in [0.2, 0.25) is 0 Å². The average Bonchev–Trinajstić information content (AvgIpc) is 3.67. The summed E-state index contributed by atoms with van der Waals surface area (Å²) in [6, 6.07) is 58.7. The Kier molecular flexibility index (Phi) is 5.64. The van der Waals surface area contributed by atoms with Crippen molar-refractivity contribution < 1.29 is 0 Å². The third-order valence-corrected chi connectivity index (χ3v) is 9.89. The van der Waals surface area contributed by atoms with Crippen LogP contribution in [0.15, 0.2) is 164 Å². The van der Waals surface area contributed by atoms with Crippen LogP contribution in [0.4, 0.5) is 5.69 Å². The van der Waals surface area contributed by atoms with Gasteiger partial charge in [-0.3, -0.25) is 0 Å². The number of fused-ring (bicyclic) bond motifs is 9. The summed E-state index contributed by atoms with van der Waals surface area (Å²) in [5, 5.41) is 9.50. The Labute approximate surface area is 276 Å². The van der Waals surface area contributed by atoms with E-state index in [9.17, 15) is 0 Å². The summed E-state index contributed by atoms with van der Waals surface area (Å²) in [7, 11) is 0. The van der Waals surface area contributed by atoms with E-state index in [1.807, 2.05) is 12.1 Å². The van der Waals surface area contributed by atoms with Crippen LogP contribution in [-0.2, 0) is 0 Å². The second-order valence-electron chi connectivity index (χ2n) is 12.5. The lowest BCUT2D eigenvalue weighted by Gasteiger charge is -2.12. The molecule has 0 aliphatic heterocycles. The Morgan fingerprint density at radius 3 is 1.83 bits per heavy atom. The monoisotopic (exact) mass is 609 g/mol. The molecular weight excluding hydrogens is 583 g/mol. The molecule has 10 rings (SSSR count). The second-order valence-corrected chi connectivity index (χ2v) is 12.5. The summed E-state index contributed by atoms with van der Waals surface area (Å²) in [5.74, 6) is 0. The van der Waals surface area contributed by atoms with Gasteiger partial charge in [-0.1, -0.05) is 109 Å². The highest BCUT2D eigenvalue weighted by molar-refractivity contribution is 6.17. The highest BCUT2D eigenvalue weighted by Crippen LogP contribution is 2.41. The number of nitrogens with zero attached hydrogens (tertiary/aromatic N) is 3. The first-order chi connectivity index (χ1) is 23.8. The molecule has 0 aliphatic rings. The molecule has 8 aromatic carbocycles. The van der Waals surface area contributed by atoms with Gasteiger partial charge in [0.05, 0.1) is 28.6 Å². The number of benzene rings is 8. The van der Waals surface area contributed by atoms with Crippen LogP contribution in [0.5, 0.6) is 0 Å². The van der Waals surface area contributed by atoms with Gasteiger partial charge in [0.25, 0.3) is 0 Å². The second kappa shape index (κ2) is 10.2. The normalized spacial score (nSPS) is 11.7. The van der Waals surface area contributed by atoms with E-state index >= 15 is 0 Å². The molecule has 2 heterocycles. The Morgan fingerprint density at radius 2 is 1.02 bits per heavy atom. The third kappa shape index (κ3) is 3.81. The van der Waals surface area contributed by atoms with Crippen LogP contribution in [0, 0.1) is 6.57 Å². The van der Waals surface area contributed by atoms with Gasteiger partial charge in [-0.25, -0.2) is 4.85 Å². The van der Waals surface area contributed by atoms with Crippen LogP contribution in [-0.4, -0.2) is 9.13 Å². The Morgan fingerprint density at radius 1 is 0.396 bits per heavy atom. The van der Waals surface area contributed by atoms with Crippen molar-refractivity contribution in [2.75, 3.05) is 0 Å². The van der Waals surface area contributed by atoms with Crippen molar-refractivity contribution in [2.45, 2.75) is 0 Å². The van der Waals surface area contributed by atoms with Crippen molar-refractivity contribution in [1.82, 2.24) is 9.13 Å². The maximum absolute atomic E-state index is 7.61. The molecule has 0 unspecified atom stereocenters. The third-order valence-electron chi connectivity index (χ3n) is 9.89. The van der Waals surface area contributed by atoms with Gasteiger partial charge in [-0.15, -0.1) is 0 Å². The lowest BCUT2D eigenvalue weighted by atomic mass is 9.98. The number of hydrogen-bond donors (Lipinski definition) is 0. The average molecular weight is 610 g/mol. The largest absolute Gasteiger partial charge is 0.309 e. The standard InChI is InChI=1S/C45H27N3/c1-46-32-23-20-29-18-19-30-21-24-34(28-40(30)39(29)27-32)48-41-15-7-5-12-36(41)37-25-22-31(26-44(37)48)35-14-9-17-43-45(35)38-13-6-8-16-42(38)47(43)33-10-3-2-4-11-33/h2-28H. The topological polar surface area (TPSA) is 14.2 Å². The van der Waals surface area contributed by atoms with Crippen LogP contribution < -0.4 is 0 Å². The summed E-state index contributed by atoms with van der Waals surface area (Å²) >= 11 is 0. The molecule has 48 heavy (non-hydrogen) atoms. The van der Waals surface area contributed by atoms with E-state index in [0.717, 1.165) is 32.9 Å². The number of rotatable bonds is 3. The molecule has 3 nitrogen and oxygen atoms in total. The first kappa shape index (κ1) is 26.6. The summed E-state index contributed by atoms with van der Waals surface area (Å²) in [4.78, 5) is 3.72. The highest BCUT2D eigenvalue weighted by Gasteiger charge is 2.18. The van der Waals surface area contributed by atoms with Gasteiger partial charge in [0.1, 0.15) is 0 Å². The molecule has 0 amide bonds. The smallest absolute Gasteiger partial charge is 0.187 e. The van der Waals surface area contributed by atoms with E-state index in [1.54, 1.807) is 0 Å². The van der Waals surface area contributed by atoms with Crippen molar-refractivity contribution in [2.24, 2.45) is 0 Å². The van der Waals surface area contributed by atoms with Gasteiger partial charge in [0, 0.05) is 32.9 Å². The summed E-state index contributed by atoms with van der Waals surface area (Å²) in [6.45, 7) is 7.61. The summed E-state index contributed by atoms with van der Waals surface area (Å²) < 4.78 is 4.78. The first-order valence-corrected chi connectivity index (χ1v) is 16.2. The fourth-order valence-corrected chi connectivity index (χ4v) is 7.77. The molecular formula is C45H27N3. The van der Waals surface area contributed by atoms with Crippen LogP contribution in [0.1, 0.15) is 0 Å².